The number of rotatable bonds is 3. The zero-order valence-electron chi connectivity index (χ0n) is 11.8. The number of aryl methyl sites for hydroxylation is 3. The van der Waals surface area contributed by atoms with E-state index < -0.39 is 0 Å². The maximum absolute atomic E-state index is 5.30. The van der Waals surface area contributed by atoms with Crippen molar-refractivity contribution in [3.8, 4) is 5.75 Å². The summed E-state index contributed by atoms with van der Waals surface area (Å²) in [6.07, 6.45) is 0. The summed E-state index contributed by atoms with van der Waals surface area (Å²) in [5, 5.41) is 0. The normalized spacial score (nSPS) is 12.3. The van der Waals surface area contributed by atoms with Crippen molar-refractivity contribution >= 4 is 15.9 Å². The van der Waals surface area contributed by atoms with E-state index in [1.165, 1.54) is 22.3 Å². The summed E-state index contributed by atoms with van der Waals surface area (Å²) in [7, 11) is 1.71. The quantitative estimate of drug-likeness (QED) is 0.715. The number of alkyl halides is 1. The van der Waals surface area contributed by atoms with Gasteiger partial charge < -0.3 is 4.74 Å². The summed E-state index contributed by atoms with van der Waals surface area (Å²) < 4.78 is 5.30. The van der Waals surface area contributed by atoms with Crippen LogP contribution in [0.15, 0.2) is 36.4 Å². The Kier molecular flexibility index (Phi) is 4.31. The Morgan fingerprint density at radius 3 is 1.95 bits per heavy atom. The van der Waals surface area contributed by atoms with Crippen molar-refractivity contribution in [1.29, 1.82) is 0 Å². The Morgan fingerprint density at radius 1 is 0.842 bits per heavy atom. The lowest BCUT2D eigenvalue weighted by Gasteiger charge is -2.14. The van der Waals surface area contributed by atoms with E-state index in [1.54, 1.807) is 7.11 Å². The Bertz CT molecular complexity index is 590. The third kappa shape index (κ3) is 3.01. The van der Waals surface area contributed by atoms with Crippen molar-refractivity contribution in [2.24, 2.45) is 0 Å². The number of methoxy groups -OCH3 is 1. The minimum Gasteiger partial charge on any atom is -0.496 e. The molecule has 2 aromatic carbocycles. The molecule has 100 valence electrons. The van der Waals surface area contributed by atoms with Crippen LogP contribution in [-0.2, 0) is 0 Å². The highest BCUT2D eigenvalue weighted by Gasteiger charge is 2.12. The standard InChI is InChI=1S/C17H19BrO/c1-11-5-6-14(9-12(11)2)17(18)15-7-8-16(19-4)13(3)10-15/h5-10,17H,1-4H3. The highest BCUT2D eigenvalue weighted by Crippen LogP contribution is 2.33. The Hall–Kier alpha value is -1.28. The van der Waals surface area contributed by atoms with Crippen LogP contribution in [0.2, 0.25) is 0 Å². The predicted molar refractivity (Wildman–Crippen MR) is 84.4 cm³/mol. The van der Waals surface area contributed by atoms with E-state index in [1.807, 2.05) is 6.07 Å². The molecule has 1 atom stereocenters. The molecule has 0 aliphatic carbocycles. The summed E-state index contributed by atoms with van der Waals surface area (Å²) in [5.74, 6) is 0.934. The molecule has 0 aliphatic rings. The van der Waals surface area contributed by atoms with Crippen LogP contribution < -0.4 is 4.74 Å². The molecule has 0 bridgehead atoms. The van der Waals surface area contributed by atoms with Gasteiger partial charge in [-0.2, -0.15) is 0 Å². The molecule has 0 fully saturated rings. The smallest absolute Gasteiger partial charge is 0.121 e. The van der Waals surface area contributed by atoms with E-state index in [0.29, 0.717) is 0 Å². The van der Waals surface area contributed by atoms with Gasteiger partial charge in [0.05, 0.1) is 11.9 Å². The van der Waals surface area contributed by atoms with Gasteiger partial charge in [-0.15, -0.1) is 0 Å². The van der Waals surface area contributed by atoms with Gasteiger partial charge in [-0.05, 0) is 54.7 Å². The first-order valence-electron chi connectivity index (χ1n) is 6.38. The van der Waals surface area contributed by atoms with Crippen molar-refractivity contribution < 1.29 is 4.74 Å². The van der Waals surface area contributed by atoms with Crippen LogP contribution in [0.3, 0.4) is 0 Å². The van der Waals surface area contributed by atoms with Crippen molar-refractivity contribution in [1.82, 2.24) is 0 Å². The molecule has 0 amide bonds. The van der Waals surface area contributed by atoms with Crippen LogP contribution >= 0.6 is 15.9 Å². The highest BCUT2D eigenvalue weighted by molar-refractivity contribution is 9.09. The lowest BCUT2D eigenvalue weighted by molar-refractivity contribution is 0.411. The van der Waals surface area contributed by atoms with Crippen LogP contribution in [0.4, 0.5) is 0 Å². The van der Waals surface area contributed by atoms with Gasteiger partial charge in [0.15, 0.2) is 0 Å². The van der Waals surface area contributed by atoms with E-state index >= 15 is 0 Å². The first kappa shape index (κ1) is 14.1. The van der Waals surface area contributed by atoms with Crippen molar-refractivity contribution in [3.63, 3.8) is 0 Å². The fourth-order valence-corrected chi connectivity index (χ4v) is 2.74. The topological polar surface area (TPSA) is 9.23 Å². The molecule has 0 heterocycles. The van der Waals surface area contributed by atoms with Gasteiger partial charge in [-0.1, -0.05) is 46.3 Å². The molecular weight excluding hydrogens is 300 g/mol. The Labute approximate surface area is 123 Å². The lowest BCUT2D eigenvalue weighted by Crippen LogP contribution is -1.96. The molecule has 0 saturated heterocycles. The lowest BCUT2D eigenvalue weighted by atomic mass is 9.99. The SMILES string of the molecule is COc1ccc(C(Br)c2ccc(C)c(C)c2)cc1C. The molecular formula is C17H19BrO. The second-order valence-corrected chi connectivity index (χ2v) is 5.85. The minimum atomic E-state index is 0.219. The predicted octanol–water partition coefficient (Wildman–Crippen LogP) is 5.10. The monoisotopic (exact) mass is 318 g/mol. The number of ether oxygens (including phenoxy) is 1. The molecule has 0 radical (unpaired) electrons. The van der Waals surface area contributed by atoms with E-state index in [0.717, 1.165) is 11.3 Å². The van der Waals surface area contributed by atoms with Gasteiger partial charge in [0.2, 0.25) is 0 Å². The zero-order valence-corrected chi connectivity index (χ0v) is 13.4. The molecule has 19 heavy (non-hydrogen) atoms. The Balaban J connectivity index is 2.35. The zero-order chi connectivity index (χ0) is 14.0. The number of benzene rings is 2. The molecule has 0 N–H and O–H groups in total. The molecule has 0 aliphatic heterocycles. The second kappa shape index (κ2) is 5.79. The molecule has 0 aromatic heterocycles. The van der Waals surface area contributed by atoms with Gasteiger partial charge in [0.1, 0.15) is 5.75 Å². The molecule has 0 saturated carbocycles. The summed E-state index contributed by atoms with van der Waals surface area (Å²) in [5.41, 5.74) is 6.35. The van der Waals surface area contributed by atoms with Crippen LogP contribution in [0, 0.1) is 20.8 Å². The highest BCUT2D eigenvalue weighted by atomic mass is 79.9. The van der Waals surface area contributed by atoms with E-state index in [4.69, 9.17) is 4.74 Å². The van der Waals surface area contributed by atoms with E-state index in [9.17, 15) is 0 Å². The van der Waals surface area contributed by atoms with Crippen molar-refractivity contribution in [3.05, 3.63) is 64.2 Å². The summed E-state index contributed by atoms with van der Waals surface area (Å²) in [6.45, 7) is 6.36. The van der Waals surface area contributed by atoms with Gasteiger partial charge >= 0.3 is 0 Å². The number of halogens is 1. The summed E-state index contributed by atoms with van der Waals surface area (Å²) >= 11 is 3.79. The van der Waals surface area contributed by atoms with Crippen LogP contribution in [-0.4, -0.2) is 7.11 Å². The minimum absolute atomic E-state index is 0.219. The Morgan fingerprint density at radius 2 is 1.42 bits per heavy atom. The largest absolute Gasteiger partial charge is 0.496 e. The average Bonchev–Trinajstić information content (AvgIpc) is 2.41. The van der Waals surface area contributed by atoms with Gasteiger partial charge in [-0.25, -0.2) is 0 Å². The van der Waals surface area contributed by atoms with Gasteiger partial charge in [-0.3, -0.25) is 0 Å². The van der Waals surface area contributed by atoms with Crippen molar-refractivity contribution in [2.75, 3.05) is 7.11 Å². The molecule has 2 rings (SSSR count). The molecule has 0 spiro atoms. The van der Waals surface area contributed by atoms with Crippen LogP contribution in [0.5, 0.6) is 5.75 Å². The fraction of sp³-hybridized carbons (Fsp3) is 0.294. The first-order valence-corrected chi connectivity index (χ1v) is 7.30. The molecule has 2 aromatic rings. The first-order chi connectivity index (χ1) is 9.02. The molecule has 2 heteroatoms. The van der Waals surface area contributed by atoms with Crippen LogP contribution in [0.25, 0.3) is 0 Å². The summed E-state index contributed by atoms with van der Waals surface area (Å²) in [4.78, 5) is 0.219. The van der Waals surface area contributed by atoms with Crippen LogP contribution in [0.1, 0.15) is 32.6 Å². The summed E-state index contributed by atoms with van der Waals surface area (Å²) in [6, 6.07) is 12.9. The van der Waals surface area contributed by atoms with Crippen molar-refractivity contribution in [2.45, 2.75) is 25.6 Å². The number of hydrogen-bond donors (Lipinski definition) is 0. The molecule has 1 unspecified atom stereocenters. The van der Waals surface area contributed by atoms with E-state index in [-0.39, 0.29) is 4.83 Å². The maximum Gasteiger partial charge on any atom is 0.121 e. The average molecular weight is 319 g/mol. The third-order valence-corrected chi connectivity index (χ3v) is 4.59. The van der Waals surface area contributed by atoms with Gasteiger partial charge in [0, 0.05) is 0 Å². The molecule has 1 nitrogen and oxygen atoms in total. The van der Waals surface area contributed by atoms with E-state index in [2.05, 4.69) is 67.0 Å². The van der Waals surface area contributed by atoms with Gasteiger partial charge in [0.25, 0.3) is 0 Å². The number of hydrogen-bond acceptors (Lipinski definition) is 1. The maximum atomic E-state index is 5.30. The fourth-order valence-electron chi connectivity index (χ4n) is 2.17. The second-order valence-electron chi connectivity index (χ2n) is 4.94. The third-order valence-electron chi connectivity index (χ3n) is 3.54.